The summed E-state index contributed by atoms with van der Waals surface area (Å²) in [5.74, 6) is -1.62. The van der Waals surface area contributed by atoms with E-state index in [1.165, 1.54) is 18.6 Å². The average Bonchev–Trinajstić information content (AvgIpc) is 3.08. The molecule has 8 nitrogen and oxygen atoms in total. The molecule has 1 aromatic carbocycles. The van der Waals surface area contributed by atoms with Crippen LogP contribution in [0.3, 0.4) is 0 Å². The van der Waals surface area contributed by atoms with E-state index in [1.807, 2.05) is 6.07 Å². The molecule has 1 amide bonds. The van der Waals surface area contributed by atoms with Crippen LogP contribution in [-0.2, 0) is 0 Å². The summed E-state index contributed by atoms with van der Waals surface area (Å²) in [5.41, 5.74) is 0.859. The van der Waals surface area contributed by atoms with Gasteiger partial charge in [0.05, 0.1) is 12.2 Å². The lowest BCUT2D eigenvalue weighted by Gasteiger charge is -2.11. The Kier molecular flexibility index (Phi) is 4.51. The van der Waals surface area contributed by atoms with Crippen molar-refractivity contribution >= 4 is 11.9 Å². The zero-order valence-electron chi connectivity index (χ0n) is 13.2. The third-order valence-electron chi connectivity index (χ3n) is 3.52. The first-order valence-electron chi connectivity index (χ1n) is 7.43. The highest BCUT2D eigenvalue weighted by atomic mass is 16.5. The third kappa shape index (κ3) is 3.37. The van der Waals surface area contributed by atoms with Gasteiger partial charge in [0.15, 0.2) is 5.76 Å². The van der Waals surface area contributed by atoms with E-state index in [4.69, 9.17) is 4.52 Å². The van der Waals surface area contributed by atoms with E-state index in [2.05, 4.69) is 20.4 Å². The topological polar surface area (TPSA) is 118 Å². The van der Waals surface area contributed by atoms with Crippen LogP contribution < -0.4 is 5.32 Å². The van der Waals surface area contributed by atoms with Gasteiger partial charge in [-0.2, -0.15) is 0 Å². The maximum atomic E-state index is 12.2. The molecule has 3 rings (SSSR count). The Balaban J connectivity index is 1.91. The molecule has 1 atom stereocenters. The highest BCUT2D eigenvalue weighted by Gasteiger charge is 2.28. The molecule has 126 valence electrons. The van der Waals surface area contributed by atoms with Gasteiger partial charge in [-0.15, -0.1) is 0 Å². The van der Waals surface area contributed by atoms with E-state index >= 15 is 0 Å². The fourth-order valence-electron chi connectivity index (χ4n) is 2.35. The van der Waals surface area contributed by atoms with Crippen molar-refractivity contribution in [3.8, 4) is 11.3 Å². The van der Waals surface area contributed by atoms with Gasteiger partial charge in [0.25, 0.3) is 5.91 Å². The lowest BCUT2D eigenvalue weighted by Crippen LogP contribution is -2.28. The molecule has 0 spiro atoms. The van der Waals surface area contributed by atoms with Crippen LogP contribution in [0.5, 0.6) is 0 Å². The molecule has 0 saturated carbocycles. The Labute approximate surface area is 142 Å². The zero-order valence-corrected chi connectivity index (χ0v) is 13.2. The number of amides is 1. The molecule has 0 aliphatic heterocycles. The maximum absolute atomic E-state index is 12.2. The molecule has 0 fully saturated rings. The van der Waals surface area contributed by atoms with Crippen LogP contribution in [0.15, 0.2) is 53.4 Å². The van der Waals surface area contributed by atoms with Crippen molar-refractivity contribution in [2.24, 2.45) is 0 Å². The van der Waals surface area contributed by atoms with Gasteiger partial charge in [0, 0.05) is 18.0 Å². The standard InChI is InChI=1S/C17H14N4O4/c1-10(20-16(22)12-9-18-7-8-19-12)15-13(17(23)24)14(21-25-15)11-5-3-2-4-6-11/h2-10H,1H3,(H,20,22)(H,23,24)/t10-/m1/s1. The first-order valence-corrected chi connectivity index (χ1v) is 7.43. The fourth-order valence-corrected chi connectivity index (χ4v) is 2.35. The summed E-state index contributed by atoms with van der Waals surface area (Å²) in [5, 5.41) is 16.1. The number of nitrogens with zero attached hydrogens (tertiary/aromatic N) is 3. The van der Waals surface area contributed by atoms with Crippen molar-refractivity contribution < 1.29 is 19.2 Å². The van der Waals surface area contributed by atoms with Crippen molar-refractivity contribution in [3.63, 3.8) is 0 Å². The second-order valence-corrected chi connectivity index (χ2v) is 5.23. The molecule has 2 N–H and O–H groups in total. The first kappa shape index (κ1) is 16.3. The number of rotatable bonds is 5. The Morgan fingerprint density at radius 3 is 2.60 bits per heavy atom. The summed E-state index contributed by atoms with van der Waals surface area (Å²) in [6.45, 7) is 1.61. The normalized spacial score (nSPS) is 11.7. The van der Waals surface area contributed by atoms with Gasteiger partial charge in [-0.05, 0) is 6.92 Å². The summed E-state index contributed by atoms with van der Waals surface area (Å²) >= 11 is 0. The summed E-state index contributed by atoms with van der Waals surface area (Å²) in [4.78, 5) is 31.6. The third-order valence-corrected chi connectivity index (χ3v) is 3.52. The largest absolute Gasteiger partial charge is 0.477 e. The Morgan fingerprint density at radius 2 is 1.96 bits per heavy atom. The molecule has 3 aromatic rings. The summed E-state index contributed by atoms with van der Waals surface area (Å²) in [6.07, 6.45) is 4.16. The van der Waals surface area contributed by atoms with Crippen molar-refractivity contribution in [1.82, 2.24) is 20.4 Å². The minimum Gasteiger partial charge on any atom is -0.477 e. The van der Waals surface area contributed by atoms with E-state index in [0.717, 1.165) is 0 Å². The van der Waals surface area contributed by atoms with Crippen LogP contribution in [0.1, 0.15) is 39.6 Å². The highest BCUT2D eigenvalue weighted by Crippen LogP contribution is 2.29. The van der Waals surface area contributed by atoms with E-state index in [9.17, 15) is 14.7 Å². The number of aromatic nitrogens is 3. The second kappa shape index (κ2) is 6.91. The van der Waals surface area contributed by atoms with Gasteiger partial charge in [0.2, 0.25) is 0 Å². The van der Waals surface area contributed by atoms with Gasteiger partial charge >= 0.3 is 5.97 Å². The molecule has 0 bridgehead atoms. The van der Waals surface area contributed by atoms with Crippen LogP contribution in [0.25, 0.3) is 11.3 Å². The number of hydrogen-bond donors (Lipinski definition) is 2. The van der Waals surface area contributed by atoms with Crippen LogP contribution in [-0.4, -0.2) is 32.1 Å². The van der Waals surface area contributed by atoms with Gasteiger partial charge in [-0.25, -0.2) is 9.78 Å². The van der Waals surface area contributed by atoms with E-state index < -0.39 is 17.9 Å². The lowest BCUT2D eigenvalue weighted by atomic mass is 10.0. The van der Waals surface area contributed by atoms with Crippen molar-refractivity contribution in [1.29, 1.82) is 0 Å². The molecule has 8 heteroatoms. The predicted molar refractivity (Wildman–Crippen MR) is 86.8 cm³/mol. The number of carbonyl (C=O) groups excluding carboxylic acids is 1. The van der Waals surface area contributed by atoms with Crippen LogP contribution >= 0.6 is 0 Å². The fraction of sp³-hybridized carbons (Fsp3) is 0.118. The minimum atomic E-state index is -1.18. The number of nitrogens with one attached hydrogen (secondary N) is 1. The van der Waals surface area contributed by atoms with E-state index in [0.29, 0.717) is 5.56 Å². The Morgan fingerprint density at radius 1 is 1.20 bits per heavy atom. The zero-order chi connectivity index (χ0) is 17.8. The van der Waals surface area contributed by atoms with Crippen LogP contribution in [0.2, 0.25) is 0 Å². The SMILES string of the molecule is C[C@@H](NC(=O)c1cnccn1)c1onc(-c2ccccc2)c1C(=O)O. The van der Waals surface area contributed by atoms with E-state index in [1.54, 1.807) is 31.2 Å². The molecular weight excluding hydrogens is 324 g/mol. The summed E-state index contributed by atoms with van der Waals surface area (Å²) in [7, 11) is 0. The maximum Gasteiger partial charge on any atom is 0.341 e. The number of carboxylic acids is 1. The molecule has 0 aliphatic carbocycles. The number of carbonyl (C=O) groups is 2. The van der Waals surface area contributed by atoms with Crippen LogP contribution in [0, 0.1) is 0 Å². The molecule has 2 aromatic heterocycles. The first-order chi connectivity index (χ1) is 12.1. The average molecular weight is 338 g/mol. The van der Waals surface area contributed by atoms with E-state index in [-0.39, 0.29) is 22.7 Å². The molecule has 2 heterocycles. The smallest absolute Gasteiger partial charge is 0.341 e. The summed E-state index contributed by atoms with van der Waals surface area (Å²) in [6, 6.07) is 8.11. The van der Waals surface area contributed by atoms with Crippen molar-refractivity contribution in [3.05, 3.63) is 65.9 Å². The number of benzene rings is 1. The lowest BCUT2D eigenvalue weighted by molar-refractivity contribution is 0.0692. The monoisotopic (exact) mass is 338 g/mol. The molecule has 0 unspecified atom stereocenters. The quantitative estimate of drug-likeness (QED) is 0.733. The van der Waals surface area contributed by atoms with Crippen molar-refractivity contribution in [2.45, 2.75) is 13.0 Å². The van der Waals surface area contributed by atoms with Gasteiger partial charge in [0.1, 0.15) is 17.0 Å². The minimum absolute atomic E-state index is 0.0589. The van der Waals surface area contributed by atoms with Gasteiger partial charge in [-0.3, -0.25) is 9.78 Å². The molecule has 0 aliphatic rings. The molecule has 25 heavy (non-hydrogen) atoms. The predicted octanol–water partition coefficient (Wildman–Crippen LogP) is 2.32. The second-order valence-electron chi connectivity index (χ2n) is 5.23. The molecule has 0 saturated heterocycles. The number of carboxylic acid groups (broad SMARTS) is 1. The highest BCUT2D eigenvalue weighted by molar-refractivity contribution is 5.96. The van der Waals surface area contributed by atoms with Crippen LogP contribution in [0.4, 0.5) is 0 Å². The Hall–Kier alpha value is -3.55. The van der Waals surface area contributed by atoms with Gasteiger partial charge in [-0.1, -0.05) is 35.5 Å². The molecular formula is C17H14N4O4. The number of aromatic carboxylic acids is 1. The summed E-state index contributed by atoms with van der Waals surface area (Å²) < 4.78 is 5.23. The Bertz CT molecular complexity index is 894. The van der Waals surface area contributed by atoms with Gasteiger partial charge < -0.3 is 14.9 Å². The molecule has 0 radical (unpaired) electrons. The number of hydrogen-bond acceptors (Lipinski definition) is 6. The van der Waals surface area contributed by atoms with Crippen molar-refractivity contribution in [2.75, 3.05) is 0 Å².